The van der Waals surface area contributed by atoms with Gasteiger partial charge >= 0.3 is 0 Å². The van der Waals surface area contributed by atoms with Gasteiger partial charge < -0.3 is 15.4 Å². The largest absolute Gasteiger partial charge is 0.497 e. The molecule has 2 rings (SSSR count). The molecule has 1 aromatic heterocycles. The molecule has 0 bridgehead atoms. The molecule has 3 nitrogen and oxygen atoms in total. The zero-order valence-corrected chi connectivity index (χ0v) is 11.5. The van der Waals surface area contributed by atoms with Crippen LogP contribution in [0, 0.1) is 0 Å². The van der Waals surface area contributed by atoms with E-state index in [0.29, 0.717) is 0 Å². The summed E-state index contributed by atoms with van der Waals surface area (Å²) in [6.45, 7) is 3.98. The summed E-state index contributed by atoms with van der Waals surface area (Å²) < 4.78 is 5.26. The molecule has 0 saturated carbocycles. The lowest BCUT2D eigenvalue weighted by Crippen LogP contribution is -2.21. The van der Waals surface area contributed by atoms with E-state index in [9.17, 15) is 0 Å². The first-order valence-electron chi connectivity index (χ1n) is 5.94. The molecule has 96 valence electrons. The van der Waals surface area contributed by atoms with E-state index in [0.717, 1.165) is 30.2 Å². The van der Waals surface area contributed by atoms with Gasteiger partial charge in [0.05, 0.1) is 13.7 Å². The molecule has 18 heavy (non-hydrogen) atoms. The first-order chi connectivity index (χ1) is 8.72. The molecule has 0 fully saturated rings. The smallest absolute Gasteiger partial charge is 0.122 e. The van der Waals surface area contributed by atoms with E-state index in [2.05, 4.69) is 29.3 Å². The normalized spacial score (nSPS) is 10.3. The molecule has 0 aliphatic carbocycles. The number of nitrogens with two attached hydrogens (primary N) is 1. The Balaban J connectivity index is 2.24. The zero-order valence-electron chi connectivity index (χ0n) is 10.7. The van der Waals surface area contributed by atoms with Gasteiger partial charge in [0.15, 0.2) is 0 Å². The van der Waals surface area contributed by atoms with Gasteiger partial charge in [0.25, 0.3) is 0 Å². The Bertz CT molecular complexity index is 497. The summed E-state index contributed by atoms with van der Waals surface area (Å²) in [5, 5.41) is 2.10. The lowest BCUT2D eigenvalue weighted by atomic mass is 10.2. The fraction of sp³-hybridized carbons (Fsp3) is 0.286. The molecule has 0 aliphatic heterocycles. The van der Waals surface area contributed by atoms with E-state index in [1.165, 1.54) is 4.88 Å². The molecular weight excluding hydrogens is 244 g/mol. The number of hydrogen-bond donors (Lipinski definition) is 1. The molecule has 0 atom stereocenters. The molecule has 2 N–H and O–H groups in total. The monoisotopic (exact) mass is 262 g/mol. The number of rotatable bonds is 5. The number of nitrogen functional groups attached to an aromatic ring is 1. The molecule has 1 heterocycles. The van der Waals surface area contributed by atoms with Crippen molar-refractivity contribution in [2.24, 2.45) is 0 Å². The van der Waals surface area contributed by atoms with Crippen molar-refractivity contribution in [1.82, 2.24) is 0 Å². The summed E-state index contributed by atoms with van der Waals surface area (Å²) in [6.07, 6.45) is 0. The van der Waals surface area contributed by atoms with Crippen molar-refractivity contribution < 1.29 is 4.74 Å². The van der Waals surface area contributed by atoms with Gasteiger partial charge in [0, 0.05) is 34.9 Å². The molecule has 2 aromatic rings. The SMILES string of the molecule is CCN(Cc1cccs1)c1cc(N)cc(OC)c1. The van der Waals surface area contributed by atoms with Gasteiger partial charge in [-0.15, -0.1) is 11.3 Å². The summed E-state index contributed by atoms with van der Waals surface area (Å²) in [4.78, 5) is 3.63. The van der Waals surface area contributed by atoms with Gasteiger partial charge in [0.2, 0.25) is 0 Å². The van der Waals surface area contributed by atoms with Crippen LogP contribution < -0.4 is 15.4 Å². The summed E-state index contributed by atoms with van der Waals surface area (Å²) in [7, 11) is 1.66. The number of benzene rings is 1. The predicted octanol–water partition coefficient (Wildman–Crippen LogP) is 3.37. The minimum Gasteiger partial charge on any atom is -0.497 e. The summed E-state index contributed by atoms with van der Waals surface area (Å²) in [5.74, 6) is 0.801. The number of nitrogens with zero attached hydrogens (tertiary/aromatic N) is 1. The minimum atomic E-state index is 0.731. The molecule has 0 spiro atoms. The minimum absolute atomic E-state index is 0.731. The van der Waals surface area contributed by atoms with Crippen LogP contribution in [0.1, 0.15) is 11.8 Å². The summed E-state index contributed by atoms with van der Waals surface area (Å²) in [5.41, 5.74) is 7.73. The quantitative estimate of drug-likeness (QED) is 0.840. The van der Waals surface area contributed by atoms with Crippen LogP contribution in [0.25, 0.3) is 0 Å². The Morgan fingerprint density at radius 1 is 1.33 bits per heavy atom. The third-order valence-electron chi connectivity index (χ3n) is 2.82. The molecular formula is C14H18N2OS. The van der Waals surface area contributed by atoms with Gasteiger partial charge in [0.1, 0.15) is 5.75 Å². The first-order valence-corrected chi connectivity index (χ1v) is 6.82. The maximum absolute atomic E-state index is 5.90. The van der Waals surface area contributed by atoms with Crippen LogP contribution >= 0.6 is 11.3 Å². The molecule has 0 aliphatic rings. The number of anilines is 2. The number of methoxy groups -OCH3 is 1. The Kier molecular flexibility index (Phi) is 4.10. The second-order valence-corrected chi connectivity index (χ2v) is 5.09. The fourth-order valence-corrected chi connectivity index (χ4v) is 2.60. The Labute approximate surface area is 112 Å². The van der Waals surface area contributed by atoms with Crippen LogP contribution in [0.3, 0.4) is 0 Å². The van der Waals surface area contributed by atoms with Gasteiger partial charge in [-0.3, -0.25) is 0 Å². The molecule has 4 heteroatoms. The summed E-state index contributed by atoms with van der Waals surface area (Å²) >= 11 is 1.77. The third kappa shape index (κ3) is 2.96. The standard InChI is InChI=1S/C14H18N2OS/c1-3-16(10-14-5-4-6-18-14)12-7-11(15)8-13(9-12)17-2/h4-9H,3,10,15H2,1-2H3. The average Bonchev–Trinajstić information content (AvgIpc) is 2.88. The highest BCUT2D eigenvalue weighted by Crippen LogP contribution is 2.27. The third-order valence-corrected chi connectivity index (χ3v) is 3.68. The fourth-order valence-electron chi connectivity index (χ4n) is 1.88. The number of thiophene rings is 1. The highest BCUT2D eigenvalue weighted by Gasteiger charge is 2.08. The van der Waals surface area contributed by atoms with Crippen LogP contribution in [0.4, 0.5) is 11.4 Å². The highest BCUT2D eigenvalue weighted by molar-refractivity contribution is 7.09. The van der Waals surface area contributed by atoms with Crippen molar-refractivity contribution >= 4 is 22.7 Å². The van der Waals surface area contributed by atoms with Crippen LogP contribution in [-0.4, -0.2) is 13.7 Å². The van der Waals surface area contributed by atoms with Gasteiger partial charge in [-0.05, 0) is 24.4 Å². The van der Waals surface area contributed by atoms with E-state index in [-0.39, 0.29) is 0 Å². The van der Waals surface area contributed by atoms with E-state index < -0.39 is 0 Å². The van der Waals surface area contributed by atoms with E-state index in [1.54, 1.807) is 18.4 Å². The van der Waals surface area contributed by atoms with Crippen molar-refractivity contribution in [2.45, 2.75) is 13.5 Å². The Morgan fingerprint density at radius 2 is 2.17 bits per heavy atom. The van der Waals surface area contributed by atoms with Crippen molar-refractivity contribution in [3.05, 3.63) is 40.6 Å². The average molecular weight is 262 g/mol. The second-order valence-electron chi connectivity index (χ2n) is 4.06. The lowest BCUT2D eigenvalue weighted by Gasteiger charge is -2.23. The van der Waals surface area contributed by atoms with Crippen LogP contribution in [0.15, 0.2) is 35.7 Å². The van der Waals surface area contributed by atoms with E-state index in [1.807, 2.05) is 18.2 Å². The van der Waals surface area contributed by atoms with Crippen LogP contribution in [0.5, 0.6) is 5.75 Å². The lowest BCUT2D eigenvalue weighted by molar-refractivity contribution is 0.415. The van der Waals surface area contributed by atoms with Gasteiger partial charge in [-0.1, -0.05) is 6.07 Å². The van der Waals surface area contributed by atoms with Crippen LogP contribution in [-0.2, 0) is 6.54 Å². The zero-order chi connectivity index (χ0) is 13.0. The molecule has 0 amide bonds. The van der Waals surface area contributed by atoms with Gasteiger partial charge in [-0.2, -0.15) is 0 Å². The molecule has 1 aromatic carbocycles. The maximum Gasteiger partial charge on any atom is 0.122 e. The number of ether oxygens (including phenoxy) is 1. The molecule has 0 unspecified atom stereocenters. The Morgan fingerprint density at radius 3 is 2.78 bits per heavy atom. The first kappa shape index (κ1) is 12.8. The van der Waals surface area contributed by atoms with Gasteiger partial charge in [-0.25, -0.2) is 0 Å². The van der Waals surface area contributed by atoms with Crippen molar-refractivity contribution in [3.8, 4) is 5.75 Å². The van der Waals surface area contributed by atoms with Crippen LogP contribution in [0.2, 0.25) is 0 Å². The topological polar surface area (TPSA) is 38.5 Å². The van der Waals surface area contributed by atoms with Crippen molar-refractivity contribution in [3.63, 3.8) is 0 Å². The number of hydrogen-bond acceptors (Lipinski definition) is 4. The molecule has 0 saturated heterocycles. The van der Waals surface area contributed by atoms with Crippen molar-refractivity contribution in [2.75, 3.05) is 24.3 Å². The maximum atomic E-state index is 5.90. The predicted molar refractivity (Wildman–Crippen MR) is 78.4 cm³/mol. The van der Waals surface area contributed by atoms with Crippen molar-refractivity contribution in [1.29, 1.82) is 0 Å². The highest BCUT2D eigenvalue weighted by atomic mass is 32.1. The second kappa shape index (κ2) is 5.78. The Hall–Kier alpha value is -1.68. The summed E-state index contributed by atoms with van der Waals surface area (Å²) in [6, 6.07) is 10.1. The van der Waals surface area contributed by atoms with E-state index in [4.69, 9.17) is 10.5 Å². The van der Waals surface area contributed by atoms with E-state index >= 15 is 0 Å². The molecule has 0 radical (unpaired) electrons.